The van der Waals surface area contributed by atoms with Crippen molar-refractivity contribution in [3.05, 3.63) is 33.3 Å². The largest absolute Gasteiger partial charge is 0.331 e. The van der Waals surface area contributed by atoms with Crippen LogP contribution >= 0.6 is 27.5 Å². The lowest BCUT2D eigenvalue weighted by molar-refractivity contribution is 0.0682. The highest BCUT2D eigenvalue weighted by atomic mass is 79.9. The van der Waals surface area contributed by atoms with E-state index in [-0.39, 0.29) is 5.91 Å². The zero-order valence-corrected chi connectivity index (χ0v) is 13.0. The summed E-state index contributed by atoms with van der Waals surface area (Å²) in [6.07, 6.45) is 1.08. The molecule has 5 heteroatoms. The summed E-state index contributed by atoms with van der Waals surface area (Å²) in [7, 11) is 0. The molecule has 2 fully saturated rings. The van der Waals surface area contributed by atoms with E-state index in [0.29, 0.717) is 28.6 Å². The Bertz CT molecular complexity index is 522. The highest BCUT2D eigenvalue weighted by Crippen LogP contribution is 2.34. The van der Waals surface area contributed by atoms with Gasteiger partial charge in [0.1, 0.15) is 0 Å². The first-order valence-electron chi connectivity index (χ1n) is 6.56. The molecule has 0 aromatic heterocycles. The predicted octanol–water partition coefficient (Wildman–Crippen LogP) is 2.92. The minimum absolute atomic E-state index is 0.0509. The Morgan fingerprint density at radius 1 is 1.47 bits per heavy atom. The quantitative estimate of drug-likeness (QED) is 0.850. The minimum Gasteiger partial charge on any atom is -0.331 e. The lowest BCUT2D eigenvalue weighted by Gasteiger charge is -2.28. The normalized spacial score (nSPS) is 29.6. The Balaban J connectivity index is 1.93. The molecule has 1 aromatic carbocycles. The molecular weight excluding hydrogens is 328 g/mol. The Labute approximate surface area is 126 Å². The smallest absolute Gasteiger partial charge is 0.255 e. The standard InChI is InChI=1S/C14H16BrClN2O/c1-8-4-9-6-17-7-13(9)18(8)14(19)11-5-10(15)2-3-12(11)16/h2-3,5,8-9,13,17H,4,6-7H2,1H3. The third kappa shape index (κ3) is 2.30. The molecule has 0 saturated carbocycles. The van der Waals surface area contributed by atoms with Gasteiger partial charge >= 0.3 is 0 Å². The van der Waals surface area contributed by atoms with Crippen molar-refractivity contribution in [3.8, 4) is 0 Å². The van der Waals surface area contributed by atoms with Gasteiger partial charge in [0, 0.05) is 29.6 Å². The number of nitrogens with zero attached hydrogens (tertiary/aromatic N) is 1. The minimum atomic E-state index is 0.0509. The lowest BCUT2D eigenvalue weighted by atomic mass is 10.0. The van der Waals surface area contributed by atoms with Gasteiger partial charge in [-0.25, -0.2) is 0 Å². The maximum Gasteiger partial charge on any atom is 0.255 e. The first-order valence-corrected chi connectivity index (χ1v) is 7.73. The number of hydrogen-bond donors (Lipinski definition) is 1. The number of rotatable bonds is 1. The van der Waals surface area contributed by atoms with Crippen LogP contribution in [0.15, 0.2) is 22.7 Å². The molecule has 1 amide bonds. The number of hydrogen-bond acceptors (Lipinski definition) is 2. The summed E-state index contributed by atoms with van der Waals surface area (Å²) < 4.78 is 0.883. The van der Waals surface area contributed by atoms with Crippen LogP contribution in [0.5, 0.6) is 0 Å². The molecule has 1 aromatic rings. The van der Waals surface area contributed by atoms with Crippen molar-refractivity contribution >= 4 is 33.4 Å². The summed E-state index contributed by atoms with van der Waals surface area (Å²) in [6.45, 7) is 4.04. The van der Waals surface area contributed by atoms with Crippen LogP contribution in [0.25, 0.3) is 0 Å². The SMILES string of the molecule is CC1CC2CNCC2N1C(=O)c1cc(Br)ccc1Cl. The molecule has 3 atom stereocenters. The molecule has 19 heavy (non-hydrogen) atoms. The first-order chi connectivity index (χ1) is 9.08. The summed E-state index contributed by atoms with van der Waals surface area (Å²) in [5.74, 6) is 0.639. The van der Waals surface area contributed by atoms with Crippen molar-refractivity contribution in [2.45, 2.75) is 25.4 Å². The number of carbonyl (C=O) groups is 1. The van der Waals surface area contributed by atoms with Crippen LogP contribution in [0.2, 0.25) is 5.02 Å². The number of carbonyl (C=O) groups excluding carboxylic acids is 1. The van der Waals surface area contributed by atoms with E-state index >= 15 is 0 Å². The zero-order valence-electron chi connectivity index (χ0n) is 10.7. The summed E-state index contributed by atoms with van der Waals surface area (Å²) in [5.41, 5.74) is 0.593. The molecular formula is C14H16BrClN2O. The summed E-state index contributed by atoms with van der Waals surface area (Å²) in [4.78, 5) is 14.8. The van der Waals surface area contributed by atoms with Gasteiger partial charge in [-0.05, 0) is 37.5 Å². The number of halogens is 2. The molecule has 3 rings (SSSR count). The fourth-order valence-electron chi connectivity index (χ4n) is 3.32. The molecule has 2 saturated heterocycles. The Hall–Kier alpha value is -0.580. The van der Waals surface area contributed by atoms with E-state index < -0.39 is 0 Å². The van der Waals surface area contributed by atoms with Gasteiger partial charge in [-0.2, -0.15) is 0 Å². The second-order valence-electron chi connectivity index (χ2n) is 5.41. The van der Waals surface area contributed by atoms with Crippen molar-refractivity contribution in [3.63, 3.8) is 0 Å². The highest BCUT2D eigenvalue weighted by molar-refractivity contribution is 9.10. The zero-order chi connectivity index (χ0) is 13.6. The van der Waals surface area contributed by atoms with Crippen LogP contribution in [0.3, 0.4) is 0 Å². The van der Waals surface area contributed by atoms with Crippen LogP contribution in [-0.2, 0) is 0 Å². The van der Waals surface area contributed by atoms with Gasteiger partial charge < -0.3 is 10.2 Å². The number of nitrogens with one attached hydrogen (secondary N) is 1. The van der Waals surface area contributed by atoms with E-state index in [2.05, 4.69) is 28.2 Å². The lowest BCUT2D eigenvalue weighted by Crippen LogP contribution is -2.42. The predicted molar refractivity (Wildman–Crippen MR) is 79.5 cm³/mol. The maximum absolute atomic E-state index is 12.8. The average Bonchev–Trinajstić information content (AvgIpc) is 2.91. The molecule has 1 N–H and O–H groups in total. The first kappa shape index (κ1) is 13.4. The van der Waals surface area contributed by atoms with Gasteiger partial charge in [-0.1, -0.05) is 27.5 Å². The van der Waals surface area contributed by atoms with Gasteiger partial charge in [-0.15, -0.1) is 0 Å². The van der Waals surface area contributed by atoms with Crippen molar-refractivity contribution < 1.29 is 4.79 Å². The third-order valence-corrected chi connectivity index (χ3v) is 5.00. The molecule has 0 bridgehead atoms. The second-order valence-corrected chi connectivity index (χ2v) is 6.73. The Kier molecular flexibility index (Phi) is 3.58. The van der Waals surface area contributed by atoms with E-state index in [9.17, 15) is 4.79 Å². The van der Waals surface area contributed by atoms with E-state index in [1.165, 1.54) is 0 Å². The number of fused-ring (bicyclic) bond motifs is 1. The van der Waals surface area contributed by atoms with Gasteiger partial charge in [0.15, 0.2) is 0 Å². The maximum atomic E-state index is 12.8. The fraction of sp³-hybridized carbons (Fsp3) is 0.500. The molecule has 3 unspecified atom stereocenters. The van der Waals surface area contributed by atoms with Crippen molar-refractivity contribution in [1.82, 2.24) is 10.2 Å². The van der Waals surface area contributed by atoms with Gasteiger partial charge in [-0.3, -0.25) is 4.79 Å². The molecule has 102 valence electrons. The summed E-state index contributed by atoms with van der Waals surface area (Å²) >= 11 is 9.58. The summed E-state index contributed by atoms with van der Waals surface area (Å²) in [6, 6.07) is 6.04. The van der Waals surface area contributed by atoms with E-state index in [4.69, 9.17) is 11.6 Å². The molecule has 2 aliphatic heterocycles. The van der Waals surface area contributed by atoms with Crippen LogP contribution in [0.1, 0.15) is 23.7 Å². The topological polar surface area (TPSA) is 32.3 Å². The molecule has 3 nitrogen and oxygen atoms in total. The van der Waals surface area contributed by atoms with E-state index in [1.807, 2.05) is 17.0 Å². The molecule has 0 radical (unpaired) electrons. The van der Waals surface area contributed by atoms with Crippen LogP contribution in [-0.4, -0.2) is 36.0 Å². The Morgan fingerprint density at radius 2 is 2.26 bits per heavy atom. The molecule has 2 aliphatic rings. The van der Waals surface area contributed by atoms with Crippen molar-refractivity contribution in [2.75, 3.05) is 13.1 Å². The van der Waals surface area contributed by atoms with Gasteiger partial charge in [0.05, 0.1) is 10.6 Å². The third-order valence-electron chi connectivity index (χ3n) is 4.17. The summed E-state index contributed by atoms with van der Waals surface area (Å²) in [5, 5.41) is 3.89. The number of likely N-dealkylation sites (tertiary alicyclic amines) is 1. The van der Waals surface area contributed by atoms with Crippen molar-refractivity contribution in [1.29, 1.82) is 0 Å². The number of amides is 1. The van der Waals surface area contributed by atoms with Crippen LogP contribution in [0.4, 0.5) is 0 Å². The molecule has 0 aliphatic carbocycles. The molecule has 2 heterocycles. The molecule has 0 spiro atoms. The second kappa shape index (κ2) is 5.08. The number of benzene rings is 1. The van der Waals surface area contributed by atoms with Crippen molar-refractivity contribution in [2.24, 2.45) is 5.92 Å². The van der Waals surface area contributed by atoms with Gasteiger partial charge in [0.25, 0.3) is 5.91 Å². The van der Waals surface area contributed by atoms with Crippen LogP contribution < -0.4 is 5.32 Å². The monoisotopic (exact) mass is 342 g/mol. The fourth-order valence-corrected chi connectivity index (χ4v) is 3.87. The van der Waals surface area contributed by atoms with Gasteiger partial charge in [0.2, 0.25) is 0 Å². The average molecular weight is 344 g/mol. The van der Waals surface area contributed by atoms with E-state index in [1.54, 1.807) is 6.07 Å². The highest BCUT2D eigenvalue weighted by Gasteiger charge is 2.44. The Morgan fingerprint density at radius 3 is 3.05 bits per heavy atom. The van der Waals surface area contributed by atoms with Crippen LogP contribution in [0, 0.1) is 5.92 Å². The van der Waals surface area contributed by atoms with E-state index in [0.717, 1.165) is 24.0 Å².